The monoisotopic (exact) mass is 445 g/mol. The van der Waals surface area contributed by atoms with Gasteiger partial charge in [0.05, 0.1) is 12.5 Å². The third-order valence-corrected chi connectivity index (χ3v) is 6.23. The van der Waals surface area contributed by atoms with E-state index in [9.17, 15) is 14.0 Å². The van der Waals surface area contributed by atoms with Crippen LogP contribution in [0.5, 0.6) is 0 Å². The van der Waals surface area contributed by atoms with Crippen LogP contribution in [0, 0.1) is 11.7 Å². The summed E-state index contributed by atoms with van der Waals surface area (Å²) in [5.41, 5.74) is 1.81. The number of nitrogens with zero attached hydrogens (tertiary/aromatic N) is 3. The highest BCUT2D eigenvalue weighted by molar-refractivity contribution is 7.15. The van der Waals surface area contributed by atoms with Crippen LogP contribution in [-0.2, 0) is 27.2 Å². The van der Waals surface area contributed by atoms with Gasteiger partial charge in [-0.05, 0) is 37.1 Å². The maximum Gasteiger partial charge on any atom is 0.231 e. The van der Waals surface area contributed by atoms with E-state index in [2.05, 4.69) is 20.5 Å². The molecule has 164 valence electrons. The topological polar surface area (TPSA) is 100 Å². The fourth-order valence-corrected chi connectivity index (χ4v) is 4.42. The summed E-state index contributed by atoms with van der Waals surface area (Å²) in [7, 11) is 0. The fraction of sp³-hybridized carbons (Fsp3) is 0.429. The van der Waals surface area contributed by atoms with Crippen molar-refractivity contribution in [3.8, 4) is 0 Å². The standard InChI is InChI=1S/C21H24FN5O3S/c1-2-30-8-6-18-25-26-21(31-18)24-20(29)14-9-19(28)27(12-14)7-5-13-11-23-17-4-3-15(22)10-16(13)17/h3-4,10-11,14,23H,2,5-9,12H2,1H3,(H,24,26,29)/t14-/m1/s1. The number of amides is 2. The quantitative estimate of drug-likeness (QED) is 0.494. The van der Waals surface area contributed by atoms with Crippen LogP contribution in [-0.4, -0.2) is 58.2 Å². The van der Waals surface area contributed by atoms with Gasteiger partial charge in [0.2, 0.25) is 16.9 Å². The van der Waals surface area contributed by atoms with Crippen LogP contribution in [0.15, 0.2) is 24.4 Å². The first kappa shape index (κ1) is 21.4. The second-order valence-corrected chi connectivity index (χ2v) is 8.49. The zero-order valence-electron chi connectivity index (χ0n) is 17.2. The lowest BCUT2D eigenvalue weighted by molar-refractivity contribution is -0.128. The maximum atomic E-state index is 13.6. The minimum Gasteiger partial charge on any atom is -0.381 e. The van der Waals surface area contributed by atoms with E-state index >= 15 is 0 Å². The number of benzene rings is 1. The van der Waals surface area contributed by atoms with Crippen molar-refractivity contribution in [2.24, 2.45) is 5.92 Å². The van der Waals surface area contributed by atoms with Gasteiger partial charge in [0.15, 0.2) is 0 Å². The van der Waals surface area contributed by atoms with Gasteiger partial charge in [0.1, 0.15) is 10.8 Å². The zero-order chi connectivity index (χ0) is 21.8. The number of fused-ring (bicyclic) bond motifs is 1. The Morgan fingerprint density at radius 1 is 1.39 bits per heavy atom. The Hall–Kier alpha value is -2.85. The first-order valence-corrected chi connectivity index (χ1v) is 11.1. The molecule has 1 aliphatic rings. The molecule has 1 saturated heterocycles. The van der Waals surface area contributed by atoms with Crippen LogP contribution in [0.3, 0.4) is 0 Å². The molecule has 1 fully saturated rings. The number of nitrogens with one attached hydrogen (secondary N) is 2. The number of carbonyl (C=O) groups is 2. The Labute approximate surface area is 182 Å². The molecule has 2 amide bonds. The summed E-state index contributed by atoms with van der Waals surface area (Å²) in [5, 5.41) is 12.9. The Bertz CT molecular complexity index is 1080. The van der Waals surface area contributed by atoms with Crippen LogP contribution < -0.4 is 5.32 Å². The Morgan fingerprint density at radius 3 is 3.10 bits per heavy atom. The Kier molecular flexibility index (Phi) is 6.57. The zero-order valence-corrected chi connectivity index (χ0v) is 18.0. The van der Waals surface area contributed by atoms with Gasteiger partial charge in [-0.2, -0.15) is 0 Å². The highest BCUT2D eigenvalue weighted by Crippen LogP contribution is 2.24. The number of H-pyrrole nitrogens is 1. The number of carbonyl (C=O) groups excluding carboxylic acids is 2. The highest BCUT2D eigenvalue weighted by atomic mass is 32.1. The van der Waals surface area contributed by atoms with E-state index in [1.807, 2.05) is 13.1 Å². The van der Waals surface area contributed by atoms with E-state index in [0.29, 0.717) is 44.3 Å². The lowest BCUT2D eigenvalue weighted by atomic mass is 10.1. The SMILES string of the molecule is CCOCCc1nnc(NC(=O)[C@@H]2CC(=O)N(CCc3c[nH]c4ccc(F)cc34)C2)s1. The number of ether oxygens (including phenoxy) is 1. The average Bonchev–Trinajstić information content (AvgIpc) is 3.45. The van der Waals surface area contributed by atoms with Crippen molar-refractivity contribution in [2.45, 2.75) is 26.2 Å². The van der Waals surface area contributed by atoms with Crippen LogP contribution in [0.25, 0.3) is 10.9 Å². The van der Waals surface area contributed by atoms with E-state index < -0.39 is 5.92 Å². The number of rotatable bonds is 9. The maximum absolute atomic E-state index is 13.6. The van der Waals surface area contributed by atoms with Gasteiger partial charge in [-0.1, -0.05) is 11.3 Å². The lowest BCUT2D eigenvalue weighted by Crippen LogP contribution is -2.30. The number of aromatic nitrogens is 3. The molecule has 0 unspecified atom stereocenters. The number of aromatic amines is 1. The molecule has 1 aliphatic heterocycles. The summed E-state index contributed by atoms with van der Waals surface area (Å²) in [5.74, 6) is -0.998. The molecule has 0 saturated carbocycles. The predicted molar refractivity (Wildman–Crippen MR) is 115 cm³/mol. The molecule has 31 heavy (non-hydrogen) atoms. The third-order valence-electron chi connectivity index (χ3n) is 5.33. The molecule has 2 N–H and O–H groups in total. The summed E-state index contributed by atoms with van der Waals surface area (Å²) >= 11 is 1.32. The molecule has 0 spiro atoms. The molecule has 1 atom stereocenters. The van der Waals surface area contributed by atoms with E-state index in [-0.39, 0.29) is 24.1 Å². The molecular weight excluding hydrogens is 421 g/mol. The van der Waals surface area contributed by atoms with Crippen LogP contribution in [0.1, 0.15) is 23.9 Å². The Balaban J connectivity index is 1.30. The van der Waals surface area contributed by atoms with E-state index in [1.54, 1.807) is 11.0 Å². The molecule has 10 heteroatoms. The van der Waals surface area contributed by atoms with Gasteiger partial charge in [0, 0.05) is 49.6 Å². The first-order valence-electron chi connectivity index (χ1n) is 10.3. The largest absolute Gasteiger partial charge is 0.381 e. The molecule has 4 rings (SSSR count). The van der Waals surface area contributed by atoms with Gasteiger partial charge in [0.25, 0.3) is 0 Å². The van der Waals surface area contributed by atoms with Crippen LogP contribution in [0.4, 0.5) is 9.52 Å². The number of hydrogen-bond acceptors (Lipinski definition) is 6. The second kappa shape index (κ2) is 9.52. The van der Waals surface area contributed by atoms with Gasteiger partial charge in [-0.15, -0.1) is 10.2 Å². The molecule has 1 aromatic carbocycles. The summed E-state index contributed by atoms with van der Waals surface area (Å²) < 4.78 is 18.9. The molecule has 8 nitrogen and oxygen atoms in total. The van der Waals surface area contributed by atoms with Crippen molar-refractivity contribution in [1.29, 1.82) is 0 Å². The first-order chi connectivity index (χ1) is 15.0. The van der Waals surface area contributed by atoms with Crippen molar-refractivity contribution < 1.29 is 18.7 Å². The minimum atomic E-state index is -0.427. The number of halogens is 1. The van der Waals surface area contributed by atoms with Gasteiger partial charge in [-0.25, -0.2) is 4.39 Å². The average molecular weight is 446 g/mol. The van der Waals surface area contributed by atoms with E-state index in [0.717, 1.165) is 21.5 Å². The van der Waals surface area contributed by atoms with Crippen molar-refractivity contribution in [3.63, 3.8) is 0 Å². The summed E-state index contributed by atoms with van der Waals surface area (Å²) in [4.78, 5) is 29.8. The van der Waals surface area contributed by atoms with E-state index in [1.165, 1.54) is 23.5 Å². The van der Waals surface area contributed by atoms with Gasteiger partial charge in [-0.3, -0.25) is 9.59 Å². The minimum absolute atomic E-state index is 0.0548. The van der Waals surface area contributed by atoms with Gasteiger partial charge >= 0.3 is 0 Å². The molecule has 2 aromatic heterocycles. The fourth-order valence-electron chi connectivity index (χ4n) is 3.69. The molecule has 0 aliphatic carbocycles. The number of hydrogen-bond donors (Lipinski definition) is 2. The smallest absolute Gasteiger partial charge is 0.231 e. The predicted octanol–water partition coefficient (Wildman–Crippen LogP) is 2.77. The van der Waals surface area contributed by atoms with Crippen LogP contribution >= 0.6 is 11.3 Å². The normalized spacial score (nSPS) is 16.4. The highest BCUT2D eigenvalue weighted by Gasteiger charge is 2.34. The van der Waals surface area contributed by atoms with Crippen molar-refractivity contribution in [2.75, 3.05) is 31.6 Å². The Morgan fingerprint density at radius 2 is 2.26 bits per heavy atom. The van der Waals surface area contributed by atoms with Crippen LogP contribution in [0.2, 0.25) is 0 Å². The number of likely N-dealkylation sites (tertiary alicyclic amines) is 1. The molecule has 0 bridgehead atoms. The molecule has 0 radical (unpaired) electrons. The summed E-state index contributed by atoms with van der Waals surface area (Å²) in [6, 6.07) is 4.61. The van der Waals surface area contributed by atoms with E-state index in [4.69, 9.17) is 4.74 Å². The van der Waals surface area contributed by atoms with Crippen molar-refractivity contribution in [1.82, 2.24) is 20.1 Å². The van der Waals surface area contributed by atoms with Crippen molar-refractivity contribution >= 4 is 39.2 Å². The lowest BCUT2D eigenvalue weighted by Gasteiger charge is -2.16. The third kappa shape index (κ3) is 5.08. The van der Waals surface area contributed by atoms with Crippen molar-refractivity contribution in [3.05, 3.63) is 40.8 Å². The molecule has 3 aromatic rings. The molecule has 3 heterocycles. The van der Waals surface area contributed by atoms with Gasteiger partial charge < -0.3 is 19.9 Å². The second-order valence-electron chi connectivity index (χ2n) is 7.43. The molecular formula is C21H24FN5O3S. The summed E-state index contributed by atoms with van der Waals surface area (Å²) in [6.07, 6.45) is 3.25. The summed E-state index contributed by atoms with van der Waals surface area (Å²) in [6.45, 7) is 3.97. The number of anilines is 1.